The molecule has 3 amide bonds. The van der Waals surface area contributed by atoms with Crippen LogP contribution in [0.4, 0.5) is 9.80 Å². The average molecular weight is 461 g/mol. The molecule has 0 unspecified atom stereocenters. The van der Waals surface area contributed by atoms with Crippen LogP contribution in [0, 0.1) is 23.2 Å². The van der Waals surface area contributed by atoms with E-state index in [0.717, 1.165) is 44.3 Å². The van der Waals surface area contributed by atoms with E-state index in [1.54, 1.807) is 11.3 Å². The van der Waals surface area contributed by atoms with Gasteiger partial charge in [-0.15, -0.1) is 11.3 Å². The maximum Gasteiger partial charge on any atom is 0.324 e. The Morgan fingerprint density at radius 2 is 2.06 bits per heavy atom. The van der Waals surface area contributed by atoms with Gasteiger partial charge >= 0.3 is 6.03 Å². The maximum absolute atomic E-state index is 13.4. The Morgan fingerprint density at radius 1 is 1.31 bits per heavy atom. The second-order valence-electron chi connectivity index (χ2n) is 9.14. The lowest BCUT2D eigenvalue weighted by Crippen LogP contribution is -2.56. The van der Waals surface area contributed by atoms with Gasteiger partial charge in [0.15, 0.2) is 0 Å². The zero-order valence-electron chi connectivity index (χ0n) is 19.7. The van der Waals surface area contributed by atoms with Gasteiger partial charge in [0.25, 0.3) is 0 Å². The molecule has 3 rings (SSSR count). The van der Waals surface area contributed by atoms with Gasteiger partial charge in [-0.2, -0.15) is 5.26 Å². The Labute approximate surface area is 195 Å². The molecule has 0 aromatic carbocycles. The molecule has 1 fully saturated rings. The molecule has 0 saturated carbocycles. The molecule has 3 N–H and O–H groups in total. The lowest BCUT2D eigenvalue weighted by atomic mass is 9.73. The minimum atomic E-state index is -0.313. The average Bonchev–Trinajstić information content (AvgIpc) is 3.06. The molecule has 2 aliphatic rings. The van der Waals surface area contributed by atoms with Gasteiger partial charge in [0.05, 0.1) is 11.5 Å². The lowest BCUT2D eigenvalue weighted by molar-refractivity contribution is -0.136. The summed E-state index contributed by atoms with van der Waals surface area (Å²) >= 11 is 1.54. The van der Waals surface area contributed by atoms with Crippen LogP contribution in [0.25, 0.3) is 0 Å². The third-order valence-corrected chi connectivity index (χ3v) is 7.75. The molecular formula is C23H36N6O2S. The minimum absolute atomic E-state index is 0.0921. The summed E-state index contributed by atoms with van der Waals surface area (Å²) in [6.07, 6.45) is 3.42. The molecule has 1 aliphatic carbocycles. The first kappa shape index (κ1) is 24.5. The van der Waals surface area contributed by atoms with Crippen molar-refractivity contribution in [2.24, 2.45) is 11.8 Å². The molecule has 32 heavy (non-hydrogen) atoms. The smallest absolute Gasteiger partial charge is 0.324 e. The topological polar surface area (TPSA) is 106 Å². The number of thiophene rings is 1. The molecule has 1 aromatic rings. The first-order valence-corrected chi connectivity index (χ1v) is 12.4. The van der Waals surface area contributed by atoms with Gasteiger partial charge in [-0.05, 0) is 64.7 Å². The van der Waals surface area contributed by atoms with Crippen molar-refractivity contribution in [3.8, 4) is 6.07 Å². The Kier molecular flexibility index (Phi) is 8.15. The number of imide groups is 1. The molecule has 1 saturated heterocycles. The summed E-state index contributed by atoms with van der Waals surface area (Å²) in [6, 6.07) is 2.33. The number of amides is 3. The van der Waals surface area contributed by atoms with Crippen LogP contribution in [0.15, 0.2) is 0 Å². The number of nitrogens with zero attached hydrogens (tertiary/aromatic N) is 4. The Balaban J connectivity index is 1.76. The molecule has 1 aliphatic heterocycles. The van der Waals surface area contributed by atoms with E-state index in [2.05, 4.69) is 23.2 Å². The Hall–Kier alpha value is -2.15. The fourth-order valence-electron chi connectivity index (χ4n) is 5.14. The quantitative estimate of drug-likeness (QED) is 0.646. The molecule has 176 valence electrons. The Bertz CT molecular complexity index is 877. The predicted octanol–water partition coefficient (Wildman–Crippen LogP) is 2.14. The molecule has 8 nitrogen and oxygen atoms in total. The van der Waals surface area contributed by atoms with Gasteiger partial charge in [0.1, 0.15) is 11.1 Å². The number of rotatable bonds is 7. The number of carbonyl (C=O) groups is 2. The normalized spacial score (nSPS) is 22.7. The third kappa shape index (κ3) is 5.08. The van der Waals surface area contributed by atoms with Gasteiger partial charge in [-0.25, -0.2) is 4.79 Å². The van der Waals surface area contributed by atoms with Crippen molar-refractivity contribution in [3.63, 3.8) is 0 Å². The van der Waals surface area contributed by atoms with Crippen LogP contribution in [0.2, 0.25) is 0 Å². The number of urea groups is 1. The number of carbonyl (C=O) groups excluding carboxylic acids is 2. The lowest BCUT2D eigenvalue weighted by Gasteiger charge is -2.47. The zero-order chi connectivity index (χ0) is 23.4. The molecule has 0 bridgehead atoms. The second-order valence-corrected chi connectivity index (χ2v) is 10.3. The summed E-state index contributed by atoms with van der Waals surface area (Å²) in [6.45, 7) is 7.19. The third-order valence-electron chi connectivity index (χ3n) is 6.67. The minimum Gasteiger partial charge on any atom is -0.389 e. The molecule has 3 atom stereocenters. The van der Waals surface area contributed by atoms with Crippen molar-refractivity contribution < 1.29 is 9.59 Å². The number of hydrogen-bond acceptors (Lipinski definition) is 7. The summed E-state index contributed by atoms with van der Waals surface area (Å²) in [4.78, 5) is 33.1. The second kappa shape index (κ2) is 10.6. The summed E-state index contributed by atoms with van der Waals surface area (Å²) in [5.74, 6) is -0.0238. The summed E-state index contributed by atoms with van der Waals surface area (Å²) in [7, 11) is 3.90. The van der Waals surface area contributed by atoms with Crippen LogP contribution in [-0.2, 0) is 17.6 Å². The van der Waals surface area contributed by atoms with Gasteiger partial charge in [-0.3, -0.25) is 14.6 Å². The number of likely N-dealkylation sites (tertiary alicyclic amines) is 1. The van der Waals surface area contributed by atoms with E-state index in [9.17, 15) is 14.9 Å². The van der Waals surface area contributed by atoms with Crippen molar-refractivity contribution in [1.29, 1.82) is 5.26 Å². The fourth-order valence-corrected chi connectivity index (χ4v) is 6.24. The summed E-state index contributed by atoms with van der Waals surface area (Å²) in [5.41, 5.74) is 7.81. The first-order chi connectivity index (χ1) is 15.3. The van der Waals surface area contributed by atoms with Crippen LogP contribution in [0.5, 0.6) is 0 Å². The highest BCUT2D eigenvalue weighted by Gasteiger charge is 2.43. The van der Waals surface area contributed by atoms with Crippen LogP contribution in [-0.4, -0.2) is 79.5 Å². The fraction of sp³-hybridized carbons (Fsp3) is 0.696. The maximum atomic E-state index is 13.4. The van der Waals surface area contributed by atoms with Crippen molar-refractivity contribution >= 4 is 28.3 Å². The van der Waals surface area contributed by atoms with E-state index >= 15 is 0 Å². The number of nitrogen functional groups attached to an aromatic ring is 1. The van der Waals surface area contributed by atoms with Crippen molar-refractivity contribution in [2.45, 2.75) is 45.6 Å². The number of anilines is 1. The molecule has 9 heteroatoms. The zero-order valence-corrected chi connectivity index (χ0v) is 20.5. The molecule has 0 radical (unpaired) electrons. The standard InChI is InChI=1S/C23H36N6O2S/c1-5-8-28-14-16(22(30)29(6-2)23(31)26-7-9-27(3)4)10-15-11-17-18(13-24)21(25)32-20(17)12-19(15)28/h15-16,19H,5-12,14,25H2,1-4H3,(H,26,31)/t15-,16-,19-/m1/s1. The van der Waals surface area contributed by atoms with Crippen LogP contribution < -0.4 is 11.1 Å². The molecule has 2 heterocycles. The summed E-state index contributed by atoms with van der Waals surface area (Å²) < 4.78 is 0. The molecule has 0 spiro atoms. The van der Waals surface area contributed by atoms with Crippen LogP contribution >= 0.6 is 11.3 Å². The summed E-state index contributed by atoms with van der Waals surface area (Å²) in [5, 5.41) is 13.0. The van der Waals surface area contributed by atoms with E-state index in [1.165, 1.54) is 9.78 Å². The molecular weight excluding hydrogens is 424 g/mol. The highest BCUT2D eigenvalue weighted by atomic mass is 32.1. The van der Waals surface area contributed by atoms with Crippen molar-refractivity contribution in [2.75, 3.05) is 52.6 Å². The number of nitrogens with one attached hydrogen (secondary N) is 1. The van der Waals surface area contributed by atoms with Crippen LogP contribution in [0.1, 0.15) is 42.7 Å². The van der Waals surface area contributed by atoms with E-state index < -0.39 is 0 Å². The number of nitriles is 1. The number of fused-ring (bicyclic) bond motifs is 2. The van der Waals surface area contributed by atoms with Gasteiger partial charge < -0.3 is 16.0 Å². The number of nitrogens with two attached hydrogens (primary N) is 1. The molecule has 1 aromatic heterocycles. The number of piperidine rings is 1. The monoisotopic (exact) mass is 460 g/mol. The van der Waals surface area contributed by atoms with Gasteiger partial charge in [0, 0.05) is 37.1 Å². The van der Waals surface area contributed by atoms with E-state index in [-0.39, 0.29) is 23.8 Å². The predicted molar refractivity (Wildman–Crippen MR) is 127 cm³/mol. The van der Waals surface area contributed by atoms with E-state index in [0.29, 0.717) is 36.2 Å². The number of likely N-dealkylation sites (N-methyl/N-ethyl adjacent to an activating group) is 1. The largest absolute Gasteiger partial charge is 0.389 e. The Morgan fingerprint density at radius 3 is 2.69 bits per heavy atom. The van der Waals surface area contributed by atoms with E-state index in [1.807, 2.05) is 25.9 Å². The first-order valence-electron chi connectivity index (χ1n) is 11.6. The highest BCUT2D eigenvalue weighted by Crippen LogP contribution is 2.43. The van der Waals surface area contributed by atoms with Crippen molar-refractivity contribution in [1.82, 2.24) is 20.0 Å². The number of hydrogen-bond donors (Lipinski definition) is 2. The highest BCUT2D eigenvalue weighted by molar-refractivity contribution is 7.16. The van der Waals surface area contributed by atoms with Crippen LogP contribution in [0.3, 0.4) is 0 Å². The van der Waals surface area contributed by atoms with Gasteiger partial charge in [-0.1, -0.05) is 6.92 Å². The van der Waals surface area contributed by atoms with E-state index in [4.69, 9.17) is 5.73 Å². The SMILES string of the molecule is CCCN1C[C@H](C(=O)N(CC)C(=O)NCCN(C)C)C[C@@H]2Cc3c(sc(N)c3C#N)C[C@H]21. The van der Waals surface area contributed by atoms with Gasteiger partial charge in [0.2, 0.25) is 5.91 Å². The van der Waals surface area contributed by atoms with Crippen molar-refractivity contribution in [3.05, 3.63) is 16.0 Å².